The highest BCUT2D eigenvalue weighted by molar-refractivity contribution is 6.34. The van der Waals surface area contributed by atoms with Crippen LogP contribution in [0.15, 0.2) is 18.2 Å². The largest absolute Gasteiger partial charge is 0.308 e. The van der Waals surface area contributed by atoms with Gasteiger partial charge in [0.15, 0.2) is 0 Å². The number of halogens is 1. The fraction of sp³-hybridized carbons (Fsp3) is 0.417. The Morgan fingerprint density at radius 1 is 1.44 bits per heavy atom. The van der Waals surface area contributed by atoms with Crippen molar-refractivity contribution in [2.75, 3.05) is 6.54 Å². The van der Waals surface area contributed by atoms with Crippen LogP contribution in [0.25, 0.3) is 10.9 Å². The molecular formula is C12H14ClN3. The van der Waals surface area contributed by atoms with Crippen LogP contribution in [0.5, 0.6) is 0 Å². The van der Waals surface area contributed by atoms with Crippen molar-refractivity contribution in [3.63, 3.8) is 0 Å². The van der Waals surface area contributed by atoms with E-state index in [0.29, 0.717) is 5.15 Å². The number of H-pyrrole nitrogens is 1. The molecule has 2 aromatic rings. The van der Waals surface area contributed by atoms with Gasteiger partial charge in [-0.3, -0.25) is 5.10 Å². The van der Waals surface area contributed by atoms with Gasteiger partial charge in [0, 0.05) is 16.5 Å². The summed E-state index contributed by atoms with van der Waals surface area (Å²) in [6.45, 7) is 3.31. The summed E-state index contributed by atoms with van der Waals surface area (Å²) in [4.78, 5) is 0. The third kappa shape index (κ3) is 1.35. The molecule has 16 heavy (non-hydrogen) atoms. The normalized spacial score (nSPS) is 25.4. The predicted octanol–water partition coefficient (Wildman–Crippen LogP) is 2.81. The summed E-state index contributed by atoms with van der Waals surface area (Å²) >= 11 is 6.06. The second-order valence-electron chi connectivity index (χ2n) is 4.60. The molecule has 1 fully saturated rings. The maximum Gasteiger partial charge on any atom is 0.132 e. The Morgan fingerprint density at radius 3 is 3.06 bits per heavy atom. The van der Waals surface area contributed by atoms with Crippen molar-refractivity contribution in [1.82, 2.24) is 15.5 Å². The Bertz CT molecular complexity index is 526. The highest BCUT2D eigenvalue weighted by Crippen LogP contribution is 2.35. The number of nitrogens with one attached hydrogen (secondary N) is 2. The average molecular weight is 236 g/mol. The topological polar surface area (TPSA) is 40.7 Å². The standard InChI is InChI=1S/C12H14ClN3/c1-12(6-3-7-14-12)9-5-2-4-8-10(9)15-16-11(8)13/h2,4-5,14H,3,6-7H2,1H3,(H,15,16). The summed E-state index contributed by atoms with van der Waals surface area (Å²) in [7, 11) is 0. The molecule has 1 unspecified atom stereocenters. The van der Waals surface area contributed by atoms with Crippen LogP contribution in [0, 0.1) is 0 Å². The van der Waals surface area contributed by atoms with Gasteiger partial charge in [0.05, 0.1) is 5.52 Å². The van der Waals surface area contributed by atoms with Gasteiger partial charge in [0.2, 0.25) is 0 Å². The van der Waals surface area contributed by atoms with Gasteiger partial charge in [-0.2, -0.15) is 5.10 Å². The summed E-state index contributed by atoms with van der Waals surface area (Å²) in [6.07, 6.45) is 2.36. The Kier molecular flexibility index (Phi) is 2.19. The monoisotopic (exact) mass is 235 g/mol. The quantitative estimate of drug-likeness (QED) is 0.798. The maximum absolute atomic E-state index is 6.06. The number of hydrogen-bond acceptors (Lipinski definition) is 2. The lowest BCUT2D eigenvalue weighted by atomic mass is 9.89. The summed E-state index contributed by atoms with van der Waals surface area (Å²) in [5, 5.41) is 12.3. The molecule has 2 N–H and O–H groups in total. The number of rotatable bonds is 1. The number of nitrogens with zero attached hydrogens (tertiary/aromatic N) is 1. The number of benzene rings is 1. The number of aromatic amines is 1. The van der Waals surface area contributed by atoms with Crippen LogP contribution in [0.1, 0.15) is 25.3 Å². The van der Waals surface area contributed by atoms with Crippen molar-refractivity contribution >= 4 is 22.5 Å². The molecule has 3 nitrogen and oxygen atoms in total. The molecule has 1 aliphatic heterocycles. The Labute approximate surface area is 99.2 Å². The second kappa shape index (κ2) is 3.47. The zero-order valence-corrected chi connectivity index (χ0v) is 9.93. The minimum atomic E-state index is 0.0397. The fourth-order valence-corrected chi connectivity index (χ4v) is 2.77. The lowest BCUT2D eigenvalue weighted by Crippen LogP contribution is -2.33. The van der Waals surface area contributed by atoms with Crippen LogP contribution in [-0.4, -0.2) is 16.7 Å². The number of para-hydroxylation sites is 1. The first-order valence-corrected chi connectivity index (χ1v) is 5.97. The first-order valence-electron chi connectivity index (χ1n) is 5.59. The zero-order chi connectivity index (χ0) is 11.2. The Hall–Kier alpha value is -1.06. The highest BCUT2D eigenvalue weighted by atomic mass is 35.5. The number of hydrogen-bond donors (Lipinski definition) is 2. The van der Waals surface area contributed by atoms with Crippen LogP contribution < -0.4 is 5.32 Å². The first-order chi connectivity index (χ1) is 7.71. The van der Waals surface area contributed by atoms with Crippen LogP contribution in [0.3, 0.4) is 0 Å². The molecule has 1 atom stereocenters. The van der Waals surface area contributed by atoms with E-state index in [9.17, 15) is 0 Å². The molecule has 0 aliphatic carbocycles. The summed E-state index contributed by atoms with van der Waals surface area (Å²) in [5.41, 5.74) is 2.27. The van der Waals surface area contributed by atoms with Crippen LogP contribution in [-0.2, 0) is 5.54 Å². The van der Waals surface area contributed by atoms with Crippen molar-refractivity contribution in [2.45, 2.75) is 25.3 Å². The maximum atomic E-state index is 6.06. The van der Waals surface area contributed by atoms with Crippen molar-refractivity contribution in [1.29, 1.82) is 0 Å². The molecule has 0 saturated carbocycles. The molecule has 0 bridgehead atoms. The van der Waals surface area contributed by atoms with Crippen molar-refractivity contribution in [2.24, 2.45) is 0 Å². The molecule has 1 aromatic carbocycles. The van der Waals surface area contributed by atoms with Gasteiger partial charge in [0.1, 0.15) is 5.15 Å². The van der Waals surface area contributed by atoms with Gasteiger partial charge in [-0.25, -0.2) is 0 Å². The SMILES string of the molecule is CC1(c2cccc3c(Cl)[nH]nc23)CCCN1. The molecule has 0 amide bonds. The molecule has 1 saturated heterocycles. The second-order valence-corrected chi connectivity index (χ2v) is 4.98. The van der Waals surface area contributed by atoms with Crippen LogP contribution in [0.2, 0.25) is 5.15 Å². The summed E-state index contributed by atoms with van der Waals surface area (Å²) < 4.78 is 0. The molecular weight excluding hydrogens is 222 g/mol. The van der Waals surface area contributed by atoms with Crippen molar-refractivity contribution in [3.8, 4) is 0 Å². The molecule has 4 heteroatoms. The van der Waals surface area contributed by atoms with Crippen molar-refractivity contribution < 1.29 is 0 Å². The molecule has 1 aromatic heterocycles. The van der Waals surface area contributed by atoms with E-state index >= 15 is 0 Å². The van der Waals surface area contributed by atoms with Crippen molar-refractivity contribution in [3.05, 3.63) is 28.9 Å². The van der Waals surface area contributed by atoms with E-state index < -0.39 is 0 Å². The Morgan fingerprint density at radius 2 is 2.31 bits per heavy atom. The van der Waals surface area contributed by atoms with E-state index in [-0.39, 0.29) is 5.54 Å². The minimum Gasteiger partial charge on any atom is -0.308 e. The third-order valence-electron chi connectivity index (χ3n) is 3.50. The van der Waals surface area contributed by atoms with Crippen LogP contribution >= 0.6 is 11.6 Å². The lowest BCUT2D eigenvalue weighted by molar-refractivity contribution is 0.438. The van der Waals surface area contributed by atoms with Gasteiger partial charge in [-0.15, -0.1) is 0 Å². The predicted molar refractivity (Wildman–Crippen MR) is 65.7 cm³/mol. The minimum absolute atomic E-state index is 0.0397. The van der Waals surface area contributed by atoms with E-state index in [4.69, 9.17) is 11.6 Å². The van der Waals surface area contributed by atoms with E-state index in [1.54, 1.807) is 0 Å². The van der Waals surface area contributed by atoms with Crippen LogP contribution in [0.4, 0.5) is 0 Å². The first kappa shape index (κ1) is 10.1. The van der Waals surface area contributed by atoms with Gasteiger partial charge >= 0.3 is 0 Å². The average Bonchev–Trinajstić information content (AvgIpc) is 2.87. The van der Waals surface area contributed by atoms with E-state index in [0.717, 1.165) is 23.9 Å². The smallest absolute Gasteiger partial charge is 0.132 e. The van der Waals surface area contributed by atoms with E-state index in [1.807, 2.05) is 12.1 Å². The summed E-state index contributed by atoms with van der Waals surface area (Å²) in [5.74, 6) is 0. The van der Waals surface area contributed by atoms with Gasteiger partial charge in [-0.05, 0) is 32.4 Å². The van der Waals surface area contributed by atoms with Gasteiger partial charge in [0.25, 0.3) is 0 Å². The Balaban J connectivity index is 2.23. The molecule has 3 rings (SSSR count). The highest BCUT2D eigenvalue weighted by Gasteiger charge is 2.32. The summed E-state index contributed by atoms with van der Waals surface area (Å²) in [6, 6.07) is 6.19. The third-order valence-corrected chi connectivity index (χ3v) is 3.79. The van der Waals surface area contributed by atoms with E-state index in [1.165, 1.54) is 12.0 Å². The number of fused-ring (bicyclic) bond motifs is 1. The van der Waals surface area contributed by atoms with Gasteiger partial charge in [-0.1, -0.05) is 23.7 Å². The zero-order valence-electron chi connectivity index (χ0n) is 9.18. The molecule has 1 aliphatic rings. The number of aromatic nitrogens is 2. The lowest BCUT2D eigenvalue weighted by Gasteiger charge is -2.25. The molecule has 0 spiro atoms. The van der Waals surface area contributed by atoms with E-state index in [2.05, 4.69) is 28.5 Å². The molecule has 0 radical (unpaired) electrons. The molecule has 84 valence electrons. The molecule has 2 heterocycles. The van der Waals surface area contributed by atoms with Gasteiger partial charge < -0.3 is 5.32 Å². The fourth-order valence-electron chi connectivity index (χ4n) is 2.58.